The third-order valence-electron chi connectivity index (χ3n) is 2.72. The van der Waals surface area contributed by atoms with Crippen LogP contribution in [0.1, 0.15) is 34.6 Å². The van der Waals surface area contributed by atoms with E-state index in [1.807, 2.05) is 40.7 Å². The van der Waals surface area contributed by atoms with Gasteiger partial charge in [-0.3, -0.25) is 0 Å². The van der Waals surface area contributed by atoms with Crippen LogP contribution in [0.3, 0.4) is 0 Å². The number of hydrogen-bond acceptors (Lipinski definition) is 1. The standard InChI is InChI=1S/C12H20O/c1-7-12(5,6)11(8-13)10(4)9(2)3/h7-8,11H,1H2,2-6H3. The van der Waals surface area contributed by atoms with Crippen molar-refractivity contribution in [2.45, 2.75) is 34.6 Å². The maximum atomic E-state index is 11.0. The molecule has 0 aromatic carbocycles. The van der Waals surface area contributed by atoms with E-state index in [1.54, 1.807) is 0 Å². The lowest BCUT2D eigenvalue weighted by molar-refractivity contribution is -0.112. The van der Waals surface area contributed by atoms with Crippen LogP contribution in [0.4, 0.5) is 0 Å². The Morgan fingerprint density at radius 1 is 1.31 bits per heavy atom. The van der Waals surface area contributed by atoms with Gasteiger partial charge in [0.25, 0.3) is 0 Å². The molecule has 0 N–H and O–H groups in total. The van der Waals surface area contributed by atoms with Crippen molar-refractivity contribution in [3.05, 3.63) is 23.8 Å². The molecule has 1 unspecified atom stereocenters. The number of carbonyl (C=O) groups excluding carboxylic acids is 1. The zero-order chi connectivity index (χ0) is 10.6. The highest BCUT2D eigenvalue weighted by molar-refractivity contribution is 5.61. The second kappa shape index (κ2) is 4.40. The first-order valence-electron chi connectivity index (χ1n) is 4.59. The van der Waals surface area contributed by atoms with Crippen LogP contribution in [0.15, 0.2) is 23.8 Å². The van der Waals surface area contributed by atoms with E-state index < -0.39 is 0 Å². The molecule has 0 fully saturated rings. The minimum absolute atomic E-state index is 0.0463. The van der Waals surface area contributed by atoms with E-state index in [9.17, 15) is 4.79 Å². The average molecular weight is 180 g/mol. The van der Waals surface area contributed by atoms with Crippen molar-refractivity contribution in [1.29, 1.82) is 0 Å². The highest BCUT2D eigenvalue weighted by Crippen LogP contribution is 2.33. The van der Waals surface area contributed by atoms with Crippen LogP contribution in [0.2, 0.25) is 0 Å². The van der Waals surface area contributed by atoms with Gasteiger partial charge < -0.3 is 4.79 Å². The van der Waals surface area contributed by atoms with Gasteiger partial charge in [-0.2, -0.15) is 0 Å². The number of aldehydes is 1. The van der Waals surface area contributed by atoms with Crippen molar-refractivity contribution < 1.29 is 4.79 Å². The molecular weight excluding hydrogens is 160 g/mol. The SMILES string of the molecule is C=CC(C)(C)C(C=O)C(C)=C(C)C. The Labute approximate surface area is 81.5 Å². The average Bonchev–Trinajstić information content (AvgIpc) is 2.05. The monoisotopic (exact) mass is 180 g/mol. The largest absolute Gasteiger partial charge is 0.303 e. The van der Waals surface area contributed by atoms with Crippen molar-refractivity contribution in [2.75, 3.05) is 0 Å². The first-order chi connectivity index (χ1) is 5.86. The molecule has 0 aromatic heterocycles. The van der Waals surface area contributed by atoms with E-state index in [2.05, 4.69) is 6.58 Å². The number of carbonyl (C=O) groups is 1. The summed E-state index contributed by atoms with van der Waals surface area (Å²) >= 11 is 0. The molecule has 0 rings (SSSR count). The number of rotatable bonds is 4. The van der Waals surface area contributed by atoms with Gasteiger partial charge in [0.1, 0.15) is 6.29 Å². The molecule has 1 heteroatoms. The second-order valence-electron chi connectivity index (χ2n) is 4.32. The Bertz CT molecular complexity index is 230. The normalized spacial score (nSPS) is 13.3. The molecule has 1 atom stereocenters. The third-order valence-corrected chi connectivity index (χ3v) is 2.72. The smallest absolute Gasteiger partial charge is 0.127 e. The van der Waals surface area contributed by atoms with Crippen LogP contribution in [-0.4, -0.2) is 6.29 Å². The molecule has 13 heavy (non-hydrogen) atoms. The minimum Gasteiger partial charge on any atom is -0.303 e. The van der Waals surface area contributed by atoms with Crippen molar-refractivity contribution in [3.8, 4) is 0 Å². The summed E-state index contributed by atoms with van der Waals surface area (Å²) in [6, 6.07) is 0. The molecular formula is C12H20O. The van der Waals surface area contributed by atoms with Gasteiger partial charge in [0.05, 0.1) is 0 Å². The molecule has 0 bridgehead atoms. The van der Waals surface area contributed by atoms with Crippen LogP contribution >= 0.6 is 0 Å². The summed E-state index contributed by atoms with van der Waals surface area (Å²) in [5.74, 6) is -0.0463. The first-order valence-corrected chi connectivity index (χ1v) is 4.59. The molecule has 0 aromatic rings. The molecule has 1 nitrogen and oxygen atoms in total. The zero-order valence-corrected chi connectivity index (χ0v) is 9.35. The molecule has 0 saturated heterocycles. The molecule has 0 aliphatic rings. The first kappa shape index (κ1) is 12.2. The summed E-state index contributed by atoms with van der Waals surface area (Å²) < 4.78 is 0. The van der Waals surface area contributed by atoms with E-state index in [0.29, 0.717) is 0 Å². The summed E-state index contributed by atoms with van der Waals surface area (Å²) in [6.45, 7) is 13.9. The summed E-state index contributed by atoms with van der Waals surface area (Å²) in [7, 11) is 0. The predicted molar refractivity (Wildman–Crippen MR) is 57.6 cm³/mol. The molecule has 0 amide bonds. The van der Waals surface area contributed by atoms with Crippen LogP contribution < -0.4 is 0 Å². The molecule has 0 aliphatic heterocycles. The van der Waals surface area contributed by atoms with Crippen LogP contribution in [0.25, 0.3) is 0 Å². The van der Waals surface area contributed by atoms with Crippen molar-refractivity contribution in [3.63, 3.8) is 0 Å². The van der Waals surface area contributed by atoms with E-state index in [-0.39, 0.29) is 11.3 Å². The number of hydrogen-bond donors (Lipinski definition) is 0. The maximum Gasteiger partial charge on any atom is 0.127 e. The molecule has 74 valence electrons. The quantitative estimate of drug-likeness (QED) is 0.479. The Morgan fingerprint density at radius 2 is 1.77 bits per heavy atom. The van der Waals surface area contributed by atoms with Crippen molar-refractivity contribution in [1.82, 2.24) is 0 Å². The van der Waals surface area contributed by atoms with Crippen molar-refractivity contribution >= 4 is 6.29 Å². The molecule has 0 radical (unpaired) electrons. The maximum absolute atomic E-state index is 11.0. The fraction of sp³-hybridized carbons (Fsp3) is 0.583. The van der Waals surface area contributed by atoms with E-state index in [1.165, 1.54) is 5.57 Å². The summed E-state index contributed by atoms with van der Waals surface area (Å²) in [6.07, 6.45) is 2.86. The lowest BCUT2D eigenvalue weighted by atomic mass is 9.75. The predicted octanol–water partition coefficient (Wildman–Crippen LogP) is 3.37. The summed E-state index contributed by atoms with van der Waals surface area (Å²) in [5, 5.41) is 0. The Balaban J connectivity index is 5.03. The van der Waals surface area contributed by atoms with Gasteiger partial charge in [-0.25, -0.2) is 0 Å². The van der Waals surface area contributed by atoms with Gasteiger partial charge in [0, 0.05) is 5.92 Å². The van der Waals surface area contributed by atoms with Gasteiger partial charge in [-0.15, -0.1) is 6.58 Å². The Kier molecular flexibility index (Phi) is 4.12. The van der Waals surface area contributed by atoms with Crippen LogP contribution in [0.5, 0.6) is 0 Å². The summed E-state index contributed by atoms with van der Waals surface area (Å²) in [5.41, 5.74) is 2.22. The number of allylic oxidation sites excluding steroid dienone is 3. The van der Waals surface area contributed by atoms with Gasteiger partial charge >= 0.3 is 0 Å². The topological polar surface area (TPSA) is 17.1 Å². The summed E-state index contributed by atoms with van der Waals surface area (Å²) in [4.78, 5) is 11.0. The van der Waals surface area contributed by atoms with E-state index in [0.717, 1.165) is 11.9 Å². The Morgan fingerprint density at radius 3 is 2.00 bits per heavy atom. The molecule has 0 spiro atoms. The van der Waals surface area contributed by atoms with Gasteiger partial charge in [-0.05, 0) is 26.2 Å². The van der Waals surface area contributed by atoms with Gasteiger partial charge in [0.15, 0.2) is 0 Å². The zero-order valence-electron chi connectivity index (χ0n) is 9.35. The van der Waals surface area contributed by atoms with Crippen LogP contribution in [0, 0.1) is 11.3 Å². The lowest BCUT2D eigenvalue weighted by Gasteiger charge is -2.28. The van der Waals surface area contributed by atoms with Gasteiger partial charge in [-0.1, -0.05) is 31.1 Å². The second-order valence-corrected chi connectivity index (χ2v) is 4.32. The fourth-order valence-corrected chi connectivity index (χ4v) is 1.27. The van der Waals surface area contributed by atoms with Gasteiger partial charge in [0.2, 0.25) is 0 Å². The molecule has 0 aliphatic carbocycles. The molecule has 0 saturated carbocycles. The fourth-order valence-electron chi connectivity index (χ4n) is 1.27. The molecule has 0 heterocycles. The lowest BCUT2D eigenvalue weighted by Crippen LogP contribution is -2.24. The third kappa shape index (κ3) is 2.83. The minimum atomic E-state index is -0.150. The van der Waals surface area contributed by atoms with Crippen LogP contribution in [-0.2, 0) is 4.79 Å². The highest BCUT2D eigenvalue weighted by Gasteiger charge is 2.27. The van der Waals surface area contributed by atoms with E-state index >= 15 is 0 Å². The van der Waals surface area contributed by atoms with E-state index in [4.69, 9.17) is 0 Å². The van der Waals surface area contributed by atoms with Crippen molar-refractivity contribution in [2.24, 2.45) is 11.3 Å². The highest BCUT2D eigenvalue weighted by atomic mass is 16.1. The Hall–Kier alpha value is -0.850.